The van der Waals surface area contributed by atoms with Gasteiger partial charge in [-0.1, -0.05) is 29.8 Å². The number of aromatic nitrogens is 7. The number of benzene rings is 2. The van der Waals surface area contributed by atoms with Gasteiger partial charge in [-0.05, 0) is 54.1 Å². The number of alkyl halides is 5. The number of aryl methyl sites for hydroxylation is 1. The van der Waals surface area contributed by atoms with Crippen LogP contribution in [0.15, 0.2) is 60.8 Å². The predicted molar refractivity (Wildman–Crippen MR) is 156 cm³/mol. The smallest absolute Gasteiger partial charge is 0.434 e. The molecule has 2 amide bonds. The van der Waals surface area contributed by atoms with Crippen molar-refractivity contribution in [2.24, 2.45) is 0 Å². The first-order chi connectivity index (χ1) is 22.8. The van der Waals surface area contributed by atoms with E-state index >= 15 is 0 Å². The number of rotatable bonds is 10. The first-order valence-corrected chi connectivity index (χ1v) is 13.9. The topological polar surface area (TPSA) is 166 Å². The standard InChI is InChI=1S/C29H20ClF5N10O3/c1-15-9-16(12-36)10-19(25(46)38-13-17-5-2-3-7-22(17)48-28(31)32)23(15)39-26(47)21-11-18(14-44-42-27(40-43-44)29(33,34)35)41-45(21)24-20(30)6-4-8-37-24/h2-11,28H,13-14H2,1H3,(H,38,46)(H,39,47). The van der Waals surface area contributed by atoms with Crippen molar-refractivity contribution in [3.63, 3.8) is 0 Å². The van der Waals surface area contributed by atoms with E-state index < -0.39 is 37.0 Å². The number of nitrogens with one attached hydrogen (secondary N) is 2. The van der Waals surface area contributed by atoms with E-state index in [1.165, 1.54) is 61.7 Å². The normalized spacial score (nSPS) is 11.3. The lowest BCUT2D eigenvalue weighted by Crippen LogP contribution is -2.26. The van der Waals surface area contributed by atoms with Crippen LogP contribution < -0.4 is 15.4 Å². The Bertz CT molecular complexity index is 2040. The van der Waals surface area contributed by atoms with Crippen molar-refractivity contribution in [2.45, 2.75) is 32.8 Å². The van der Waals surface area contributed by atoms with Crippen LogP contribution in [-0.2, 0) is 19.3 Å². The highest BCUT2D eigenvalue weighted by Crippen LogP contribution is 2.27. The Morgan fingerprint density at radius 2 is 1.85 bits per heavy atom. The molecule has 13 nitrogen and oxygen atoms in total. The van der Waals surface area contributed by atoms with Crippen LogP contribution in [0.25, 0.3) is 5.82 Å². The molecule has 0 saturated carbocycles. The third-order valence-corrected chi connectivity index (χ3v) is 6.81. The van der Waals surface area contributed by atoms with Crippen molar-refractivity contribution in [3.8, 4) is 17.6 Å². The number of ether oxygens (including phenoxy) is 1. The number of nitrogens with zero attached hydrogens (tertiary/aromatic N) is 8. The fraction of sp³-hybridized carbons (Fsp3) is 0.172. The third kappa shape index (κ3) is 7.53. The summed E-state index contributed by atoms with van der Waals surface area (Å²) in [4.78, 5) is 32.0. The number of nitriles is 1. The summed E-state index contributed by atoms with van der Waals surface area (Å²) in [5.41, 5.74) is 0.300. The number of hydrogen-bond donors (Lipinski definition) is 2. The van der Waals surface area contributed by atoms with E-state index in [0.717, 1.165) is 4.68 Å². The highest BCUT2D eigenvalue weighted by atomic mass is 35.5. The highest BCUT2D eigenvalue weighted by Gasteiger charge is 2.37. The molecule has 48 heavy (non-hydrogen) atoms. The lowest BCUT2D eigenvalue weighted by atomic mass is 10.0. The van der Waals surface area contributed by atoms with Crippen LogP contribution in [0.2, 0.25) is 5.02 Å². The van der Waals surface area contributed by atoms with Crippen molar-refractivity contribution in [1.29, 1.82) is 5.26 Å². The summed E-state index contributed by atoms with van der Waals surface area (Å²) in [6.45, 7) is -2.24. The molecule has 5 aromatic rings. The van der Waals surface area contributed by atoms with E-state index in [2.05, 4.69) is 40.9 Å². The second kappa shape index (κ2) is 13.8. The number of para-hydroxylation sites is 1. The van der Waals surface area contributed by atoms with E-state index in [9.17, 15) is 36.8 Å². The Labute approximate surface area is 271 Å². The minimum absolute atomic E-state index is 0.00250. The molecular weight excluding hydrogens is 667 g/mol. The predicted octanol–water partition coefficient (Wildman–Crippen LogP) is 4.94. The molecule has 2 N–H and O–H groups in total. The molecule has 0 saturated heterocycles. The van der Waals surface area contributed by atoms with Crippen molar-refractivity contribution in [3.05, 3.63) is 105 Å². The molecule has 0 bridgehead atoms. The summed E-state index contributed by atoms with van der Waals surface area (Å²) >= 11 is 6.31. The van der Waals surface area contributed by atoms with Crippen LogP contribution in [0, 0.1) is 18.3 Å². The van der Waals surface area contributed by atoms with Gasteiger partial charge in [0.05, 0.1) is 33.6 Å². The summed E-state index contributed by atoms with van der Waals surface area (Å²) in [5, 5.41) is 28.8. The van der Waals surface area contributed by atoms with Crippen LogP contribution in [0.3, 0.4) is 0 Å². The quantitative estimate of drug-likeness (QED) is 0.194. The third-order valence-electron chi connectivity index (χ3n) is 6.52. The van der Waals surface area contributed by atoms with E-state index in [1.807, 2.05) is 6.07 Å². The molecule has 0 aliphatic heterocycles. The average molecular weight is 687 g/mol. The monoisotopic (exact) mass is 686 g/mol. The van der Waals surface area contributed by atoms with Crippen LogP contribution in [0.4, 0.5) is 27.6 Å². The molecule has 5 rings (SSSR count). The maximum absolute atomic E-state index is 13.8. The van der Waals surface area contributed by atoms with Crippen molar-refractivity contribution < 1.29 is 36.3 Å². The molecule has 0 spiro atoms. The molecule has 2 aromatic carbocycles. The molecule has 246 valence electrons. The van der Waals surface area contributed by atoms with Crippen LogP contribution >= 0.6 is 11.6 Å². The molecule has 0 aliphatic rings. The Balaban J connectivity index is 1.47. The molecular formula is C29H20ClF5N10O3. The molecule has 0 atom stereocenters. The summed E-state index contributed by atoms with van der Waals surface area (Å²) in [7, 11) is 0. The van der Waals surface area contributed by atoms with Gasteiger partial charge in [0.1, 0.15) is 18.0 Å². The summed E-state index contributed by atoms with van der Waals surface area (Å²) in [5.74, 6) is -3.25. The first kappa shape index (κ1) is 33.4. The maximum Gasteiger partial charge on any atom is 0.455 e. The molecule has 0 unspecified atom stereocenters. The minimum Gasteiger partial charge on any atom is -0.434 e. The Morgan fingerprint density at radius 3 is 2.54 bits per heavy atom. The number of carbonyl (C=O) groups is 2. The maximum atomic E-state index is 13.8. The van der Waals surface area contributed by atoms with Gasteiger partial charge in [0, 0.05) is 18.3 Å². The number of halogens is 6. The summed E-state index contributed by atoms with van der Waals surface area (Å²) in [6, 6.07) is 14.6. The van der Waals surface area contributed by atoms with Crippen molar-refractivity contribution in [1.82, 2.24) is 40.3 Å². The van der Waals surface area contributed by atoms with Crippen LogP contribution in [0.1, 0.15) is 49.1 Å². The molecule has 3 heterocycles. The Hall–Kier alpha value is -5.96. The number of tetrazole rings is 1. The molecule has 19 heteroatoms. The van der Waals surface area contributed by atoms with Crippen molar-refractivity contribution >= 4 is 29.1 Å². The van der Waals surface area contributed by atoms with Gasteiger partial charge in [-0.3, -0.25) is 9.59 Å². The van der Waals surface area contributed by atoms with E-state index in [1.54, 1.807) is 6.07 Å². The number of hydrogen-bond acceptors (Lipinski definition) is 9. The average Bonchev–Trinajstić information content (AvgIpc) is 3.69. The fourth-order valence-electron chi connectivity index (χ4n) is 4.44. The van der Waals surface area contributed by atoms with Gasteiger partial charge in [-0.25, -0.2) is 9.67 Å². The number of anilines is 1. The van der Waals surface area contributed by atoms with Crippen molar-refractivity contribution in [2.75, 3.05) is 5.32 Å². The van der Waals surface area contributed by atoms with Gasteiger partial charge in [0.15, 0.2) is 5.82 Å². The van der Waals surface area contributed by atoms with E-state index in [4.69, 9.17) is 11.6 Å². The summed E-state index contributed by atoms with van der Waals surface area (Å²) in [6.07, 6.45) is -3.47. The molecule has 0 aliphatic carbocycles. The number of carbonyl (C=O) groups excluding carboxylic acids is 2. The highest BCUT2D eigenvalue weighted by molar-refractivity contribution is 6.32. The fourth-order valence-corrected chi connectivity index (χ4v) is 4.64. The van der Waals surface area contributed by atoms with Gasteiger partial charge in [0.25, 0.3) is 17.6 Å². The van der Waals surface area contributed by atoms with Gasteiger partial charge in [-0.2, -0.15) is 37.1 Å². The van der Waals surface area contributed by atoms with Crippen LogP contribution in [0.5, 0.6) is 5.75 Å². The second-order valence-corrected chi connectivity index (χ2v) is 10.2. The molecule has 0 radical (unpaired) electrons. The largest absolute Gasteiger partial charge is 0.455 e. The molecule has 3 aromatic heterocycles. The van der Waals surface area contributed by atoms with E-state index in [-0.39, 0.29) is 56.9 Å². The zero-order valence-electron chi connectivity index (χ0n) is 24.3. The first-order valence-electron chi connectivity index (χ1n) is 13.6. The number of pyridine rings is 1. The second-order valence-electron chi connectivity index (χ2n) is 9.83. The molecule has 0 fully saturated rings. The SMILES string of the molecule is Cc1cc(C#N)cc(C(=O)NCc2ccccc2OC(F)F)c1NC(=O)c1cc(Cn2nnc(C(F)(F)F)n2)nn1-c1ncccc1Cl. The van der Waals surface area contributed by atoms with Gasteiger partial charge in [0.2, 0.25) is 0 Å². The van der Waals surface area contributed by atoms with Gasteiger partial charge >= 0.3 is 12.8 Å². The Kier molecular flexibility index (Phi) is 9.61. The van der Waals surface area contributed by atoms with E-state index in [0.29, 0.717) is 10.4 Å². The lowest BCUT2D eigenvalue weighted by Gasteiger charge is -2.16. The summed E-state index contributed by atoms with van der Waals surface area (Å²) < 4.78 is 70.3. The zero-order valence-corrected chi connectivity index (χ0v) is 25.1. The van der Waals surface area contributed by atoms with Gasteiger partial charge in [-0.15, -0.1) is 10.2 Å². The Morgan fingerprint density at radius 1 is 1.08 bits per heavy atom. The minimum atomic E-state index is -4.84. The number of amides is 2. The van der Waals surface area contributed by atoms with Crippen LogP contribution in [-0.4, -0.2) is 53.4 Å². The zero-order chi connectivity index (χ0) is 34.6. The lowest BCUT2D eigenvalue weighted by molar-refractivity contribution is -0.145. The van der Waals surface area contributed by atoms with Gasteiger partial charge < -0.3 is 15.4 Å².